The number of halogens is 1. The summed E-state index contributed by atoms with van der Waals surface area (Å²) in [4.78, 5) is 13.1. The average molecular weight is 288 g/mol. The molecule has 19 heavy (non-hydrogen) atoms. The summed E-state index contributed by atoms with van der Waals surface area (Å²) in [7, 11) is 0. The summed E-state index contributed by atoms with van der Waals surface area (Å²) in [5.41, 5.74) is 1.64. The van der Waals surface area contributed by atoms with Crippen molar-refractivity contribution in [1.29, 1.82) is 0 Å². The molecule has 0 saturated heterocycles. The fourth-order valence-electron chi connectivity index (χ4n) is 1.84. The van der Waals surface area contributed by atoms with Gasteiger partial charge < -0.3 is 5.32 Å². The fourth-order valence-corrected chi connectivity index (χ4v) is 2.93. The molecule has 1 N–H and O–H groups in total. The number of hydrogen-bond acceptors (Lipinski definition) is 3. The molecule has 2 aromatic carbocycles. The van der Waals surface area contributed by atoms with Crippen molar-refractivity contribution in [3.05, 3.63) is 70.2 Å². The zero-order valence-electron chi connectivity index (χ0n) is 9.89. The van der Waals surface area contributed by atoms with Gasteiger partial charge in [0.1, 0.15) is 0 Å². The summed E-state index contributed by atoms with van der Waals surface area (Å²) in [6, 6.07) is 14.9. The topological polar surface area (TPSA) is 29.1 Å². The summed E-state index contributed by atoms with van der Waals surface area (Å²) in [5, 5.41) is 4.70. The predicted molar refractivity (Wildman–Crippen MR) is 79.8 cm³/mol. The van der Waals surface area contributed by atoms with E-state index in [0.29, 0.717) is 10.6 Å². The zero-order valence-corrected chi connectivity index (χ0v) is 11.5. The maximum Gasteiger partial charge on any atom is 0.188 e. The van der Waals surface area contributed by atoms with E-state index < -0.39 is 0 Å². The van der Waals surface area contributed by atoms with Crippen molar-refractivity contribution in [3.63, 3.8) is 0 Å². The number of benzene rings is 2. The lowest BCUT2D eigenvalue weighted by Gasteiger charge is -1.99. The maximum atomic E-state index is 12.1. The van der Waals surface area contributed by atoms with Gasteiger partial charge >= 0.3 is 0 Å². The molecule has 4 heteroatoms. The summed E-state index contributed by atoms with van der Waals surface area (Å²) >= 11 is 7.48. The molecule has 1 aliphatic heterocycles. The van der Waals surface area contributed by atoms with Gasteiger partial charge in [-0.25, -0.2) is 0 Å². The molecule has 3 rings (SSSR count). The summed E-state index contributed by atoms with van der Waals surface area (Å²) in [5.74, 6) is -0.00509. The molecule has 94 valence electrons. The van der Waals surface area contributed by atoms with Crippen molar-refractivity contribution in [2.45, 2.75) is 4.90 Å². The molecule has 0 bridgehead atoms. The van der Waals surface area contributed by atoms with E-state index in [9.17, 15) is 4.79 Å². The van der Waals surface area contributed by atoms with Crippen molar-refractivity contribution in [2.75, 3.05) is 5.32 Å². The molecule has 0 unspecified atom stereocenters. The first-order chi connectivity index (χ1) is 9.22. The lowest BCUT2D eigenvalue weighted by Crippen LogP contribution is -1.97. The second kappa shape index (κ2) is 5.11. The summed E-state index contributed by atoms with van der Waals surface area (Å²) in [6.07, 6.45) is 1.62. The number of rotatable bonds is 2. The number of carbonyl (C=O) groups excluding carboxylic acids is 1. The number of anilines is 1. The Labute approximate surface area is 120 Å². The average Bonchev–Trinajstić information content (AvgIpc) is 2.81. The van der Waals surface area contributed by atoms with Crippen LogP contribution < -0.4 is 5.32 Å². The molecule has 0 spiro atoms. The standard InChI is InChI=1S/C15H10ClNOS/c16-11-6-7-14-12(8-11)17-15(19-14)9-13(18)10-4-2-1-3-5-10/h1-9,17H/b15-9-. The van der Waals surface area contributed by atoms with Gasteiger partial charge in [-0.1, -0.05) is 53.7 Å². The van der Waals surface area contributed by atoms with Crippen LogP contribution in [0.2, 0.25) is 5.02 Å². The fraction of sp³-hybridized carbons (Fsp3) is 0. The van der Waals surface area contributed by atoms with Crippen LogP contribution in [0.25, 0.3) is 0 Å². The number of allylic oxidation sites excluding steroid dienone is 1. The van der Waals surface area contributed by atoms with Crippen LogP contribution in [0.1, 0.15) is 10.4 Å². The zero-order chi connectivity index (χ0) is 13.2. The van der Waals surface area contributed by atoms with Gasteiger partial charge in [0.15, 0.2) is 5.78 Å². The molecule has 0 fully saturated rings. The van der Waals surface area contributed by atoms with E-state index in [2.05, 4.69) is 5.32 Å². The first kappa shape index (κ1) is 12.3. The first-order valence-corrected chi connectivity index (χ1v) is 6.97. The summed E-state index contributed by atoms with van der Waals surface area (Å²) < 4.78 is 0. The van der Waals surface area contributed by atoms with Crippen molar-refractivity contribution in [2.24, 2.45) is 0 Å². The van der Waals surface area contributed by atoms with Gasteiger partial charge in [-0.2, -0.15) is 0 Å². The Kier molecular flexibility index (Phi) is 3.32. The molecular formula is C15H10ClNOS. The van der Waals surface area contributed by atoms with Gasteiger partial charge in [0.05, 0.1) is 10.7 Å². The minimum absolute atomic E-state index is 0.00509. The number of ketones is 1. The number of hydrogen-bond donors (Lipinski definition) is 1. The lowest BCUT2D eigenvalue weighted by atomic mass is 10.1. The molecule has 0 radical (unpaired) electrons. The minimum Gasteiger partial charge on any atom is -0.349 e. The highest BCUT2D eigenvalue weighted by Crippen LogP contribution is 2.41. The van der Waals surface area contributed by atoms with Gasteiger partial charge in [-0.3, -0.25) is 4.79 Å². The van der Waals surface area contributed by atoms with Gasteiger partial charge in [0, 0.05) is 21.6 Å². The number of fused-ring (bicyclic) bond motifs is 1. The van der Waals surface area contributed by atoms with E-state index in [1.807, 2.05) is 48.5 Å². The third-order valence-electron chi connectivity index (χ3n) is 2.74. The Morgan fingerprint density at radius 1 is 1.16 bits per heavy atom. The van der Waals surface area contributed by atoms with E-state index in [1.54, 1.807) is 6.08 Å². The van der Waals surface area contributed by atoms with Crippen molar-refractivity contribution in [1.82, 2.24) is 0 Å². The molecule has 1 heterocycles. The van der Waals surface area contributed by atoms with Gasteiger partial charge in [-0.05, 0) is 18.2 Å². The van der Waals surface area contributed by atoms with E-state index in [-0.39, 0.29) is 5.78 Å². The van der Waals surface area contributed by atoms with Crippen LogP contribution in [0.15, 0.2) is 64.5 Å². The Balaban J connectivity index is 1.83. The summed E-state index contributed by atoms with van der Waals surface area (Å²) in [6.45, 7) is 0. The predicted octanol–water partition coefficient (Wildman–Crippen LogP) is 4.58. The molecule has 0 saturated carbocycles. The monoisotopic (exact) mass is 287 g/mol. The largest absolute Gasteiger partial charge is 0.349 e. The maximum absolute atomic E-state index is 12.1. The molecule has 2 nitrogen and oxygen atoms in total. The van der Waals surface area contributed by atoms with Crippen LogP contribution in [0.5, 0.6) is 0 Å². The van der Waals surface area contributed by atoms with Crippen molar-refractivity contribution >= 4 is 34.8 Å². The van der Waals surface area contributed by atoms with Crippen LogP contribution >= 0.6 is 23.4 Å². The third-order valence-corrected chi connectivity index (χ3v) is 3.99. The van der Waals surface area contributed by atoms with Crippen LogP contribution in [0.4, 0.5) is 5.69 Å². The minimum atomic E-state index is -0.00509. The van der Waals surface area contributed by atoms with E-state index in [0.717, 1.165) is 15.6 Å². The lowest BCUT2D eigenvalue weighted by molar-refractivity contribution is 0.104. The Bertz CT molecular complexity index is 667. The van der Waals surface area contributed by atoms with Gasteiger partial charge in [0.25, 0.3) is 0 Å². The van der Waals surface area contributed by atoms with Gasteiger partial charge in [-0.15, -0.1) is 0 Å². The molecule has 0 aromatic heterocycles. The highest BCUT2D eigenvalue weighted by Gasteiger charge is 2.17. The van der Waals surface area contributed by atoms with Crippen LogP contribution in [-0.2, 0) is 0 Å². The molecule has 0 amide bonds. The molecule has 0 atom stereocenters. The molecule has 2 aromatic rings. The smallest absolute Gasteiger partial charge is 0.188 e. The van der Waals surface area contributed by atoms with Crippen molar-refractivity contribution < 1.29 is 4.79 Å². The molecule has 0 aliphatic carbocycles. The van der Waals surface area contributed by atoms with Crippen LogP contribution in [0.3, 0.4) is 0 Å². The van der Waals surface area contributed by atoms with E-state index >= 15 is 0 Å². The Morgan fingerprint density at radius 2 is 1.95 bits per heavy atom. The molecular weight excluding hydrogens is 278 g/mol. The van der Waals surface area contributed by atoms with Crippen LogP contribution in [0, 0.1) is 0 Å². The van der Waals surface area contributed by atoms with Crippen molar-refractivity contribution in [3.8, 4) is 0 Å². The normalized spacial score (nSPS) is 15.1. The SMILES string of the molecule is O=C(/C=C1/Nc2cc(Cl)ccc2S1)c1ccccc1. The first-order valence-electron chi connectivity index (χ1n) is 5.78. The second-order valence-electron chi connectivity index (χ2n) is 4.11. The highest BCUT2D eigenvalue weighted by molar-refractivity contribution is 8.03. The number of carbonyl (C=O) groups is 1. The number of thioether (sulfide) groups is 1. The highest BCUT2D eigenvalue weighted by atomic mass is 35.5. The second-order valence-corrected chi connectivity index (χ2v) is 5.63. The van der Waals surface area contributed by atoms with E-state index in [1.165, 1.54) is 11.8 Å². The van der Waals surface area contributed by atoms with Crippen LogP contribution in [-0.4, -0.2) is 5.78 Å². The third kappa shape index (κ3) is 2.67. The Hall–Kier alpha value is -1.71. The van der Waals surface area contributed by atoms with Gasteiger partial charge in [0.2, 0.25) is 0 Å². The Morgan fingerprint density at radius 3 is 2.74 bits per heavy atom. The number of nitrogens with one attached hydrogen (secondary N) is 1. The molecule has 1 aliphatic rings. The quantitative estimate of drug-likeness (QED) is 0.647. The van der Waals surface area contributed by atoms with E-state index in [4.69, 9.17) is 11.6 Å².